The average molecular weight is 250 g/mol. The summed E-state index contributed by atoms with van der Waals surface area (Å²) in [5.74, 6) is -0.947. The Morgan fingerprint density at radius 1 is 1.29 bits per heavy atom. The van der Waals surface area contributed by atoms with Crippen LogP contribution in [0.2, 0.25) is 0 Å². The van der Waals surface area contributed by atoms with Crippen molar-refractivity contribution in [1.82, 2.24) is 0 Å². The number of esters is 1. The molecular weight excluding hydrogens is 240 g/mol. The molecule has 0 amide bonds. The smallest absolute Gasteiger partial charge is 0.348 e. The Labute approximate surface area is 102 Å². The highest BCUT2D eigenvalue weighted by atomic mass is 32.1. The molecule has 1 aliphatic carbocycles. The zero-order valence-corrected chi connectivity index (χ0v) is 10.2. The summed E-state index contributed by atoms with van der Waals surface area (Å²) in [6, 6.07) is 0. The lowest BCUT2D eigenvalue weighted by Crippen LogP contribution is -2.09. The molecule has 0 atom stereocenters. The van der Waals surface area contributed by atoms with Crippen LogP contribution in [0.3, 0.4) is 0 Å². The molecule has 1 aromatic heterocycles. The molecule has 2 rings (SSSR count). The first-order valence-electron chi connectivity index (χ1n) is 5.13. The zero-order valence-electron chi connectivity index (χ0n) is 9.40. The van der Waals surface area contributed by atoms with E-state index in [1.165, 1.54) is 12.2 Å². The number of carbonyl (C=O) groups excluding carboxylic acids is 3. The van der Waals surface area contributed by atoms with Crippen LogP contribution in [0.25, 0.3) is 0 Å². The van der Waals surface area contributed by atoms with E-state index in [1.807, 2.05) is 0 Å². The maximum atomic E-state index is 11.7. The molecule has 4 nitrogen and oxygen atoms in total. The lowest BCUT2D eigenvalue weighted by molar-refractivity contribution is 0.0531. The summed E-state index contributed by atoms with van der Waals surface area (Å²) in [4.78, 5) is 35.6. The summed E-state index contributed by atoms with van der Waals surface area (Å²) in [6.07, 6.45) is 2.47. The van der Waals surface area contributed by atoms with Crippen molar-refractivity contribution in [3.63, 3.8) is 0 Å². The summed E-state index contributed by atoms with van der Waals surface area (Å²) < 4.78 is 4.89. The van der Waals surface area contributed by atoms with E-state index in [2.05, 4.69) is 0 Å². The number of allylic oxidation sites excluding steroid dienone is 2. The fourth-order valence-electron chi connectivity index (χ4n) is 1.69. The van der Waals surface area contributed by atoms with Crippen LogP contribution in [0.15, 0.2) is 12.2 Å². The molecule has 0 aromatic carbocycles. The minimum absolute atomic E-state index is 0.233. The van der Waals surface area contributed by atoms with Crippen LogP contribution in [-0.4, -0.2) is 24.1 Å². The van der Waals surface area contributed by atoms with Gasteiger partial charge >= 0.3 is 5.97 Å². The van der Waals surface area contributed by atoms with Crippen molar-refractivity contribution in [3.05, 3.63) is 33.0 Å². The van der Waals surface area contributed by atoms with Crippen LogP contribution in [-0.2, 0) is 4.74 Å². The number of carbonyl (C=O) groups is 3. The molecule has 0 saturated heterocycles. The first-order chi connectivity index (χ1) is 8.06. The van der Waals surface area contributed by atoms with E-state index in [0.717, 1.165) is 11.3 Å². The fourth-order valence-corrected chi connectivity index (χ4v) is 2.81. The first-order valence-corrected chi connectivity index (χ1v) is 5.95. The summed E-state index contributed by atoms with van der Waals surface area (Å²) in [5, 5.41) is 0. The Balaban J connectivity index is 2.54. The van der Waals surface area contributed by atoms with Gasteiger partial charge in [-0.15, -0.1) is 11.3 Å². The van der Waals surface area contributed by atoms with Gasteiger partial charge in [0.05, 0.1) is 11.5 Å². The molecule has 0 radical (unpaired) electrons. The van der Waals surface area contributed by atoms with Crippen LogP contribution in [0.5, 0.6) is 0 Å². The van der Waals surface area contributed by atoms with E-state index in [0.29, 0.717) is 20.9 Å². The van der Waals surface area contributed by atoms with E-state index < -0.39 is 5.97 Å². The highest BCUT2D eigenvalue weighted by Crippen LogP contribution is 2.32. The van der Waals surface area contributed by atoms with Gasteiger partial charge in [-0.1, -0.05) is 0 Å². The second-order valence-electron chi connectivity index (χ2n) is 3.54. The molecule has 1 aliphatic rings. The normalized spacial score (nSPS) is 13.8. The molecular formula is C12H10O4S. The molecule has 0 aliphatic heterocycles. The largest absolute Gasteiger partial charge is 0.462 e. The molecule has 17 heavy (non-hydrogen) atoms. The van der Waals surface area contributed by atoms with Crippen molar-refractivity contribution < 1.29 is 19.1 Å². The van der Waals surface area contributed by atoms with Crippen LogP contribution in [0.4, 0.5) is 0 Å². The van der Waals surface area contributed by atoms with Gasteiger partial charge in [-0.25, -0.2) is 4.79 Å². The Bertz CT molecular complexity index is 551. The SMILES string of the molecule is CCOC(=O)c1sc2c(c1C)C(=O)C=CC2=O. The van der Waals surface area contributed by atoms with Gasteiger partial charge in [-0.3, -0.25) is 9.59 Å². The number of ketones is 2. The highest BCUT2D eigenvalue weighted by Gasteiger charge is 2.29. The standard InChI is InChI=1S/C12H10O4S/c1-3-16-12(15)10-6(2)9-7(13)4-5-8(14)11(9)17-10/h4-5H,3H2,1-2H3. The second kappa shape index (κ2) is 4.25. The minimum Gasteiger partial charge on any atom is -0.462 e. The first kappa shape index (κ1) is 11.7. The maximum Gasteiger partial charge on any atom is 0.348 e. The summed E-state index contributed by atoms with van der Waals surface area (Å²) in [6.45, 7) is 3.63. The molecule has 1 heterocycles. The molecule has 0 spiro atoms. The van der Waals surface area contributed by atoms with Gasteiger partial charge in [0.2, 0.25) is 0 Å². The van der Waals surface area contributed by atoms with E-state index >= 15 is 0 Å². The number of hydrogen-bond acceptors (Lipinski definition) is 5. The van der Waals surface area contributed by atoms with Crippen molar-refractivity contribution >= 4 is 28.9 Å². The van der Waals surface area contributed by atoms with E-state index in [1.54, 1.807) is 13.8 Å². The minimum atomic E-state index is -0.481. The summed E-state index contributed by atoms with van der Waals surface area (Å²) in [5.41, 5.74) is 0.872. The van der Waals surface area contributed by atoms with Gasteiger partial charge in [0, 0.05) is 5.56 Å². The average Bonchev–Trinajstić information content (AvgIpc) is 2.63. The van der Waals surface area contributed by atoms with E-state index in [-0.39, 0.29) is 18.2 Å². The number of rotatable bonds is 2. The number of thiophene rings is 1. The molecule has 88 valence electrons. The molecule has 0 fully saturated rings. The Kier molecular flexibility index (Phi) is 2.93. The van der Waals surface area contributed by atoms with Crippen LogP contribution in [0, 0.1) is 6.92 Å². The lowest BCUT2D eigenvalue weighted by atomic mass is 9.99. The van der Waals surface area contributed by atoms with Gasteiger partial charge in [0.1, 0.15) is 4.88 Å². The van der Waals surface area contributed by atoms with Crippen LogP contribution in [0.1, 0.15) is 42.2 Å². The molecule has 0 unspecified atom stereocenters. The number of ether oxygens (including phenoxy) is 1. The zero-order chi connectivity index (χ0) is 12.6. The van der Waals surface area contributed by atoms with Gasteiger partial charge < -0.3 is 4.74 Å². The van der Waals surface area contributed by atoms with Crippen LogP contribution >= 0.6 is 11.3 Å². The molecule has 5 heteroatoms. The highest BCUT2D eigenvalue weighted by molar-refractivity contribution is 7.16. The summed E-state index contributed by atoms with van der Waals surface area (Å²) in [7, 11) is 0. The van der Waals surface area contributed by atoms with Gasteiger partial charge in [0.25, 0.3) is 0 Å². The van der Waals surface area contributed by atoms with Crippen molar-refractivity contribution in [1.29, 1.82) is 0 Å². The van der Waals surface area contributed by atoms with Crippen molar-refractivity contribution in [2.24, 2.45) is 0 Å². The third-order valence-corrected chi connectivity index (χ3v) is 3.75. The topological polar surface area (TPSA) is 60.4 Å². The predicted molar refractivity (Wildman–Crippen MR) is 62.8 cm³/mol. The summed E-state index contributed by atoms with van der Waals surface area (Å²) >= 11 is 1.03. The fraction of sp³-hybridized carbons (Fsp3) is 0.250. The van der Waals surface area contributed by atoms with E-state index in [4.69, 9.17) is 4.74 Å². The van der Waals surface area contributed by atoms with Crippen molar-refractivity contribution in [3.8, 4) is 0 Å². The van der Waals surface area contributed by atoms with Crippen LogP contribution < -0.4 is 0 Å². The predicted octanol–water partition coefficient (Wildman–Crippen LogP) is 2.17. The number of hydrogen-bond donors (Lipinski definition) is 0. The third-order valence-electron chi connectivity index (χ3n) is 2.46. The quantitative estimate of drug-likeness (QED) is 0.755. The Morgan fingerprint density at radius 3 is 2.53 bits per heavy atom. The van der Waals surface area contributed by atoms with Gasteiger partial charge in [-0.05, 0) is 31.6 Å². The van der Waals surface area contributed by atoms with Crippen molar-refractivity contribution in [2.45, 2.75) is 13.8 Å². The second-order valence-corrected chi connectivity index (χ2v) is 4.56. The van der Waals surface area contributed by atoms with Gasteiger partial charge in [0.15, 0.2) is 11.6 Å². The third kappa shape index (κ3) is 1.82. The lowest BCUT2D eigenvalue weighted by Gasteiger charge is -2.03. The van der Waals surface area contributed by atoms with Crippen molar-refractivity contribution in [2.75, 3.05) is 6.61 Å². The maximum absolute atomic E-state index is 11.7. The Hall–Kier alpha value is -1.75. The molecule has 0 bridgehead atoms. The number of fused-ring (bicyclic) bond motifs is 1. The molecule has 1 aromatic rings. The monoisotopic (exact) mass is 250 g/mol. The van der Waals surface area contributed by atoms with E-state index in [9.17, 15) is 14.4 Å². The Morgan fingerprint density at radius 2 is 1.94 bits per heavy atom. The van der Waals surface area contributed by atoms with Gasteiger partial charge in [-0.2, -0.15) is 0 Å². The molecule has 0 N–H and O–H groups in total. The molecule has 0 saturated carbocycles.